The zero-order valence-electron chi connectivity index (χ0n) is 10.2. The maximum atomic E-state index is 11.2. The third kappa shape index (κ3) is 1.87. The first-order valence-electron chi connectivity index (χ1n) is 5.96. The second-order valence-electron chi connectivity index (χ2n) is 4.61. The summed E-state index contributed by atoms with van der Waals surface area (Å²) < 4.78 is 4.97. The van der Waals surface area contributed by atoms with Gasteiger partial charge in [-0.25, -0.2) is 0 Å². The molecule has 20 heavy (non-hydrogen) atoms. The van der Waals surface area contributed by atoms with Gasteiger partial charge in [0.2, 0.25) is 0 Å². The van der Waals surface area contributed by atoms with Gasteiger partial charge in [0.05, 0.1) is 5.56 Å². The summed E-state index contributed by atoms with van der Waals surface area (Å²) in [5, 5.41) is 31.1. The van der Waals surface area contributed by atoms with Crippen molar-refractivity contribution < 1.29 is 24.9 Å². The zero-order chi connectivity index (χ0) is 14.4. The SMILES string of the molecule is O=Cc1c2c(c3cc(Cl)ccc3c1O)C(O)OC(O)C2. The number of halogens is 1. The highest BCUT2D eigenvalue weighted by Crippen LogP contribution is 2.42. The number of carbonyl (C=O) groups is 1. The molecule has 5 nitrogen and oxygen atoms in total. The van der Waals surface area contributed by atoms with Gasteiger partial charge in [0.15, 0.2) is 18.9 Å². The van der Waals surface area contributed by atoms with E-state index >= 15 is 0 Å². The van der Waals surface area contributed by atoms with Gasteiger partial charge in [-0.05, 0) is 29.1 Å². The normalized spacial score (nSPS) is 21.8. The molecule has 1 aliphatic rings. The lowest BCUT2D eigenvalue weighted by molar-refractivity contribution is -0.218. The number of aromatic hydroxyl groups is 1. The lowest BCUT2D eigenvalue weighted by atomic mass is 9.89. The highest BCUT2D eigenvalue weighted by atomic mass is 35.5. The van der Waals surface area contributed by atoms with E-state index in [1.54, 1.807) is 18.2 Å². The molecule has 2 unspecified atom stereocenters. The Hall–Kier alpha value is -1.66. The van der Waals surface area contributed by atoms with Gasteiger partial charge >= 0.3 is 0 Å². The van der Waals surface area contributed by atoms with E-state index in [4.69, 9.17) is 16.3 Å². The number of aldehydes is 1. The van der Waals surface area contributed by atoms with Crippen LogP contribution >= 0.6 is 11.6 Å². The van der Waals surface area contributed by atoms with Gasteiger partial charge in [0.1, 0.15) is 5.75 Å². The van der Waals surface area contributed by atoms with Crippen LogP contribution in [-0.4, -0.2) is 27.9 Å². The van der Waals surface area contributed by atoms with Crippen molar-refractivity contribution in [1.82, 2.24) is 0 Å². The fraction of sp³-hybridized carbons (Fsp3) is 0.214. The van der Waals surface area contributed by atoms with Crippen LogP contribution in [0.25, 0.3) is 10.8 Å². The maximum Gasteiger partial charge on any atom is 0.185 e. The first-order chi connectivity index (χ1) is 9.52. The fourth-order valence-electron chi connectivity index (χ4n) is 2.61. The minimum Gasteiger partial charge on any atom is -0.507 e. The average Bonchev–Trinajstić information content (AvgIpc) is 2.38. The molecular formula is C14H11ClO5. The maximum absolute atomic E-state index is 11.2. The molecule has 2 atom stereocenters. The van der Waals surface area contributed by atoms with Crippen LogP contribution in [0.5, 0.6) is 5.75 Å². The van der Waals surface area contributed by atoms with E-state index in [2.05, 4.69) is 0 Å². The smallest absolute Gasteiger partial charge is 0.185 e. The van der Waals surface area contributed by atoms with Crippen LogP contribution in [-0.2, 0) is 11.2 Å². The van der Waals surface area contributed by atoms with Crippen molar-refractivity contribution in [1.29, 1.82) is 0 Å². The molecule has 0 spiro atoms. The molecule has 0 radical (unpaired) electrons. The number of ether oxygens (including phenoxy) is 1. The molecule has 0 bridgehead atoms. The second kappa shape index (κ2) is 4.71. The van der Waals surface area contributed by atoms with Gasteiger partial charge in [-0.2, -0.15) is 0 Å². The van der Waals surface area contributed by atoms with Crippen LogP contribution in [0.1, 0.15) is 27.8 Å². The molecule has 0 amide bonds. The Balaban J connectivity index is 2.46. The van der Waals surface area contributed by atoms with Crippen LogP contribution in [0.2, 0.25) is 5.02 Å². The predicted octanol–water partition coefficient (Wildman–Crippen LogP) is 1.89. The molecule has 0 saturated heterocycles. The summed E-state index contributed by atoms with van der Waals surface area (Å²) in [7, 11) is 0. The number of fused-ring (bicyclic) bond motifs is 3. The van der Waals surface area contributed by atoms with Crippen molar-refractivity contribution in [3.05, 3.63) is 39.9 Å². The fourth-order valence-corrected chi connectivity index (χ4v) is 2.78. The summed E-state index contributed by atoms with van der Waals surface area (Å²) in [5.41, 5.74) is 0.780. The van der Waals surface area contributed by atoms with Crippen molar-refractivity contribution in [2.75, 3.05) is 0 Å². The summed E-state index contributed by atoms with van der Waals surface area (Å²) in [6.45, 7) is 0. The quantitative estimate of drug-likeness (QED) is 0.699. The molecule has 0 saturated carbocycles. The Bertz CT molecular complexity index is 713. The number of benzene rings is 2. The van der Waals surface area contributed by atoms with Gasteiger partial charge in [-0.3, -0.25) is 4.79 Å². The van der Waals surface area contributed by atoms with E-state index in [0.29, 0.717) is 33.2 Å². The largest absolute Gasteiger partial charge is 0.507 e. The first-order valence-corrected chi connectivity index (χ1v) is 6.34. The molecule has 0 fully saturated rings. The van der Waals surface area contributed by atoms with Crippen molar-refractivity contribution in [3.8, 4) is 5.75 Å². The molecule has 0 aliphatic carbocycles. The number of carbonyl (C=O) groups excluding carboxylic acids is 1. The molecule has 104 valence electrons. The van der Waals surface area contributed by atoms with Crippen LogP contribution in [0.3, 0.4) is 0 Å². The average molecular weight is 295 g/mol. The Labute approximate surface area is 119 Å². The molecule has 2 aromatic carbocycles. The lowest BCUT2D eigenvalue weighted by Gasteiger charge is -2.29. The number of aliphatic hydroxyl groups is 2. The summed E-state index contributed by atoms with van der Waals surface area (Å²) in [4.78, 5) is 11.2. The van der Waals surface area contributed by atoms with Gasteiger partial charge < -0.3 is 20.1 Å². The van der Waals surface area contributed by atoms with Crippen molar-refractivity contribution in [3.63, 3.8) is 0 Å². The molecule has 1 heterocycles. The van der Waals surface area contributed by atoms with E-state index in [-0.39, 0.29) is 17.7 Å². The van der Waals surface area contributed by atoms with Crippen LogP contribution in [0, 0.1) is 0 Å². The number of hydrogen-bond donors (Lipinski definition) is 3. The molecule has 0 aromatic heterocycles. The Morgan fingerprint density at radius 2 is 2.05 bits per heavy atom. The topological polar surface area (TPSA) is 87.0 Å². The number of hydrogen-bond acceptors (Lipinski definition) is 5. The lowest BCUT2D eigenvalue weighted by Crippen LogP contribution is -2.27. The van der Waals surface area contributed by atoms with Crippen LogP contribution in [0.15, 0.2) is 18.2 Å². The summed E-state index contributed by atoms with van der Waals surface area (Å²) in [5.74, 6) is -0.188. The summed E-state index contributed by atoms with van der Waals surface area (Å²) in [6, 6.07) is 4.72. The molecular weight excluding hydrogens is 284 g/mol. The van der Waals surface area contributed by atoms with Crippen molar-refractivity contribution in [2.24, 2.45) is 0 Å². The van der Waals surface area contributed by atoms with E-state index in [1.807, 2.05) is 0 Å². The Morgan fingerprint density at radius 1 is 1.30 bits per heavy atom. The molecule has 1 aliphatic heterocycles. The third-order valence-corrected chi connectivity index (χ3v) is 3.70. The predicted molar refractivity (Wildman–Crippen MR) is 71.8 cm³/mol. The van der Waals surface area contributed by atoms with E-state index in [1.165, 1.54) is 0 Å². The van der Waals surface area contributed by atoms with E-state index in [0.717, 1.165) is 0 Å². The van der Waals surface area contributed by atoms with Crippen LogP contribution < -0.4 is 0 Å². The van der Waals surface area contributed by atoms with Crippen molar-refractivity contribution in [2.45, 2.75) is 19.0 Å². The molecule has 2 aromatic rings. The first kappa shape index (κ1) is 13.3. The molecule has 6 heteroatoms. The van der Waals surface area contributed by atoms with E-state index < -0.39 is 12.6 Å². The van der Waals surface area contributed by atoms with Gasteiger partial charge in [0, 0.05) is 22.4 Å². The Morgan fingerprint density at radius 3 is 2.75 bits per heavy atom. The Kier molecular flexibility index (Phi) is 3.14. The third-order valence-electron chi connectivity index (χ3n) is 3.46. The monoisotopic (exact) mass is 294 g/mol. The highest BCUT2D eigenvalue weighted by molar-refractivity contribution is 6.31. The standard InChI is InChI=1S/C14H11ClO5/c15-6-1-2-7-8(3-6)12-9(10(5-16)13(7)18)4-11(17)20-14(12)19/h1-3,5,11,14,17-19H,4H2. The second-order valence-corrected chi connectivity index (χ2v) is 5.05. The van der Waals surface area contributed by atoms with Crippen LogP contribution in [0.4, 0.5) is 0 Å². The van der Waals surface area contributed by atoms with Gasteiger partial charge in [-0.15, -0.1) is 0 Å². The summed E-state index contributed by atoms with van der Waals surface area (Å²) >= 11 is 5.94. The highest BCUT2D eigenvalue weighted by Gasteiger charge is 2.31. The van der Waals surface area contributed by atoms with Gasteiger partial charge in [-0.1, -0.05) is 11.6 Å². The number of phenolic OH excluding ortho intramolecular Hbond substituents is 1. The van der Waals surface area contributed by atoms with E-state index in [9.17, 15) is 20.1 Å². The number of aliphatic hydroxyl groups excluding tert-OH is 2. The van der Waals surface area contributed by atoms with Crippen molar-refractivity contribution >= 4 is 28.7 Å². The summed E-state index contributed by atoms with van der Waals surface area (Å²) in [6.07, 6.45) is -2.09. The zero-order valence-corrected chi connectivity index (χ0v) is 11.0. The molecule has 3 N–H and O–H groups in total. The number of phenols is 1. The minimum atomic E-state index is -1.38. The minimum absolute atomic E-state index is 0.0104. The molecule has 3 rings (SSSR count). The number of rotatable bonds is 1. The van der Waals surface area contributed by atoms with Gasteiger partial charge in [0.25, 0.3) is 0 Å².